The normalized spacial score (nSPS) is 14.2. The van der Waals surface area contributed by atoms with Gasteiger partial charge in [-0.05, 0) is 32.4 Å². The molecular formula is C14H18ClN3O2. The molecule has 1 unspecified atom stereocenters. The Labute approximate surface area is 123 Å². The average molecular weight is 296 g/mol. The van der Waals surface area contributed by atoms with Gasteiger partial charge in [0.1, 0.15) is 5.54 Å². The fraction of sp³-hybridized carbons (Fsp3) is 0.429. The number of ether oxygens (including phenoxy) is 1. The van der Waals surface area contributed by atoms with Gasteiger partial charge in [-0.3, -0.25) is 0 Å². The van der Waals surface area contributed by atoms with Crippen LogP contribution in [0.2, 0.25) is 5.02 Å². The van der Waals surface area contributed by atoms with Gasteiger partial charge in [-0.2, -0.15) is 4.98 Å². The van der Waals surface area contributed by atoms with Crippen LogP contribution in [0.25, 0.3) is 11.5 Å². The Morgan fingerprint density at radius 3 is 2.90 bits per heavy atom. The number of benzene rings is 1. The first-order valence-corrected chi connectivity index (χ1v) is 6.80. The molecule has 108 valence electrons. The van der Waals surface area contributed by atoms with Crippen LogP contribution in [0.15, 0.2) is 22.7 Å². The lowest BCUT2D eigenvalue weighted by molar-refractivity contribution is 0.0962. The summed E-state index contributed by atoms with van der Waals surface area (Å²) in [6.07, 6.45) is 0. The summed E-state index contributed by atoms with van der Waals surface area (Å²) in [6.45, 7) is 6.54. The Balaban J connectivity index is 2.31. The summed E-state index contributed by atoms with van der Waals surface area (Å²) in [5, 5.41) is 4.54. The van der Waals surface area contributed by atoms with E-state index in [0.717, 1.165) is 5.56 Å². The topological polar surface area (TPSA) is 74.2 Å². The van der Waals surface area contributed by atoms with E-state index in [1.54, 1.807) is 6.92 Å². The van der Waals surface area contributed by atoms with Crippen LogP contribution in [0.5, 0.6) is 0 Å². The van der Waals surface area contributed by atoms with Crippen LogP contribution >= 0.6 is 11.6 Å². The van der Waals surface area contributed by atoms with Gasteiger partial charge in [0.15, 0.2) is 5.82 Å². The van der Waals surface area contributed by atoms with E-state index < -0.39 is 5.54 Å². The molecule has 0 bridgehead atoms. The molecule has 1 heterocycles. The molecule has 0 radical (unpaired) electrons. The zero-order chi connectivity index (χ0) is 14.8. The first kappa shape index (κ1) is 15.0. The maximum absolute atomic E-state index is 6.25. The lowest BCUT2D eigenvalue weighted by Crippen LogP contribution is -2.39. The number of halogens is 1. The van der Waals surface area contributed by atoms with Crippen LogP contribution < -0.4 is 5.73 Å². The van der Waals surface area contributed by atoms with Gasteiger partial charge in [-0.25, -0.2) is 0 Å². The molecule has 1 aromatic heterocycles. The molecule has 0 spiro atoms. The number of nitrogens with zero attached hydrogens (tertiary/aromatic N) is 2. The van der Waals surface area contributed by atoms with Crippen molar-refractivity contribution in [3.8, 4) is 11.5 Å². The summed E-state index contributed by atoms with van der Waals surface area (Å²) in [5.41, 5.74) is 7.00. The minimum absolute atomic E-state index is 0.323. The van der Waals surface area contributed by atoms with Crippen LogP contribution in [0.4, 0.5) is 0 Å². The molecule has 1 aromatic carbocycles. The number of hydrogen-bond donors (Lipinski definition) is 1. The second-order valence-electron chi connectivity index (χ2n) is 4.91. The van der Waals surface area contributed by atoms with Crippen molar-refractivity contribution in [3.63, 3.8) is 0 Å². The van der Waals surface area contributed by atoms with Gasteiger partial charge in [0.25, 0.3) is 5.89 Å². The smallest absolute Gasteiger partial charge is 0.259 e. The predicted octanol–water partition coefficient (Wildman–Crippen LogP) is 2.91. The van der Waals surface area contributed by atoms with E-state index in [0.29, 0.717) is 35.5 Å². The monoisotopic (exact) mass is 295 g/mol. The van der Waals surface area contributed by atoms with E-state index in [1.165, 1.54) is 0 Å². The fourth-order valence-corrected chi connectivity index (χ4v) is 1.96. The van der Waals surface area contributed by atoms with Crippen molar-refractivity contribution in [2.45, 2.75) is 26.3 Å². The molecule has 5 nitrogen and oxygen atoms in total. The zero-order valence-corrected chi connectivity index (χ0v) is 12.6. The highest BCUT2D eigenvalue weighted by Gasteiger charge is 2.28. The van der Waals surface area contributed by atoms with Crippen LogP contribution in [-0.4, -0.2) is 23.4 Å². The second kappa shape index (κ2) is 5.91. The van der Waals surface area contributed by atoms with Gasteiger partial charge < -0.3 is 15.0 Å². The molecule has 2 rings (SSSR count). The van der Waals surface area contributed by atoms with Gasteiger partial charge in [0, 0.05) is 6.61 Å². The molecule has 0 aliphatic heterocycles. The molecule has 0 aliphatic rings. The molecule has 6 heteroatoms. The molecule has 2 aromatic rings. The minimum Gasteiger partial charge on any atom is -0.379 e. The number of aromatic nitrogens is 2. The minimum atomic E-state index is -0.798. The Bertz CT molecular complexity index is 596. The average Bonchev–Trinajstić information content (AvgIpc) is 2.90. The van der Waals surface area contributed by atoms with Crippen molar-refractivity contribution in [2.24, 2.45) is 5.73 Å². The lowest BCUT2D eigenvalue weighted by Gasteiger charge is -2.19. The molecule has 0 saturated heterocycles. The standard InChI is InChI=1S/C14H18ClN3O2/c1-4-19-8-14(3,16)13-17-12(20-18-13)10-7-5-6-9(2)11(10)15/h5-7H,4,8,16H2,1-3H3. The van der Waals surface area contributed by atoms with Gasteiger partial charge in [-0.1, -0.05) is 28.9 Å². The van der Waals surface area contributed by atoms with E-state index in [4.69, 9.17) is 26.6 Å². The third-order valence-corrected chi connectivity index (χ3v) is 3.47. The van der Waals surface area contributed by atoms with E-state index in [1.807, 2.05) is 32.0 Å². The van der Waals surface area contributed by atoms with Gasteiger partial charge in [0.2, 0.25) is 0 Å². The summed E-state index contributed by atoms with van der Waals surface area (Å²) >= 11 is 6.25. The summed E-state index contributed by atoms with van der Waals surface area (Å²) in [6, 6.07) is 5.65. The zero-order valence-electron chi connectivity index (χ0n) is 11.8. The summed E-state index contributed by atoms with van der Waals surface area (Å²) < 4.78 is 10.6. The molecule has 0 amide bonds. The second-order valence-corrected chi connectivity index (χ2v) is 5.29. The van der Waals surface area contributed by atoms with Crippen molar-refractivity contribution in [1.82, 2.24) is 10.1 Å². The summed E-state index contributed by atoms with van der Waals surface area (Å²) in [4.78, 5) is 4.34. The van der Waals surface area contributed by atoms with E-state index >= 15 is 0 Å². The quantitative estimate of drug-likeness (QED) is 0.918. The third kappa shape index (κ3) is 3.00. The highest BCUT2D eigenvalue weighted by molar-refractivity contribution is 6.33. The van der Waals surface area contributed by atoms with Gasteiger partial charge in [0.05, 0.1) is 17.2 Å². The van der Waals surface area contributed by atoms with Crippen molar-refractivity contribution in [2.75, 3.05) is 13.2 Å². The largest absolute Gasteiger partial charge is 0.379 e. The molecule has 0 aliphatic carbocycles. The summed E-state index contributed by atoms with van der Waals surface area (Å²) in [7, 11) is 0. The first-order chi connectivity index (χ1) is 9.45. The van der Waals surface area contributed by atoms with E-state index in [9.17, 15) is 0 Å². The molecule has 1 atom stereocenters. The SMILES string of the molecule is CCOCC(C)(N)c1noc(-c2cccc(C)c2Cl)n1. The maximum Gasteiger partial charge on any atom is 0.259 e. The molecule has 0 fully saturated rings. The number of rotatable bonds is 5. The molecule has 20 heavy (non-hydrogen) atoms. The van der Waals surface area contributed by atoms with Crippen molar-refractivity contribution < 1.29 is 9.26 Å². The van der Waals surface area contributed by atoms with Crippen molar-refractivity contribution >= 4 is 11.6 Å². The van der Waals surface area contributed by atoms with Crippen molar-refractivity contribution in [1.29, 1.82) is 0 Å². The predicted molar refractivity (Wildman–Crippen MR) is 77.5 cm³/mol. The number of aryl methyl sites for hydroxylation is 1. The first-order valence-electron chi connectivity index (χ1n) is 6.42. The van der Waals surface area contributed by atoms with Crippen LogP contribution in [-0.2, 0) is 10.3 Å². The van der Waals surface area contributed by atoms with E-state index in [-0.39, 0.29) is 0 Å². The van der Waals surface area contributed by atoms with E-state index in [2.05, 4.69) is 10.1 Å². The van der Waals surface area contributed by atoms with Crippen LogP contribution in [0.3, 0.4) is 0 Å². The van der Waals surface area contributed by atoms with Crippen LogP contribution in [0.1, 0.15) is 25.2 Å². The van der Waals surface area contributed by atoms with Gasteiger partial charge >= 0.3 is 0 Å². The third-order valence-electron chi connectivity index (χ3n) is 2.97. The molecular weight excluding hydrogens is 278 g/mol. The Morgan fingerprint density at radius 2 is 2.20 bits per heavy atom. The molecule has 0 saturated carbocycles. The van der Waals surface area contributed by atoms with Gasteiger partial charge in [-0.15, -0.1) is 0 Å². The number of nitrogens with two attached hydrogens (primary N) is 1. The van der Waals surface area contributed by atoms with Crippen molar-refractivity contribution in [3.05, 3.63) is 34.6 Å². The highest BCUT2D eigenvalue weighted by Crippen LogP contribution is 2.30. The number of hydrogen-bond acceptors (Lipinski definition) is 5. The maximum atomic E-state index is 6.25. The fourth-order valence-electron chi connectivity index (χ4n) is 1.76. The Hall–Kier alpha value is -1.43. The molecule has 2 N–H and O–H groups in total. The highest BCUT2D eigenvalue weighted by atomic mass is 35.5. The Morgan fingerprint density at radius 1 is 1.45 bits per heavy atom. The van der Waals surface area contributed by atoms with Crippen LogP contribution in [0, 0.1) is 6.92 Å². The summed E-state index contributed by atoms with van der Waals surface area (Å²) in [5.74, 6) is 0.764. The lowest BCUT2D eigenvalue weighted by atomic mass is 10.1. The Kier molecular flexibility index (Phi) is 4.42.